The zero-order valence-corrected chi connectivity index (χ0v) is 14.5. The summed E-state index contributed by atoms with van der Waals surface area (Å²) in [6.07, 6.45) is 1.39. The molecular formula is C18H25FN4O. The number of nitrogens with one attached hydrogen (secondary N) is 2. The third kappa shape index (κ3) is 5.08. The SMILES string of the molecule is CCNC(=NCCc1c(C)noc1C)NCCc1ccccc1F. The molecule has 0 unspecified atom stereocenters. The summed E-state index contributed by atoms with van der Waals surface area (Å²) in [6, 6.07) is 6.84. The number of aliphatic imine (C=N–C) groups is 1. The molecule has 0 saturated carbocycles. The highest BCUT2D eigenvalue weighted by molar-refractivity contribution is 5.79. The van der Waals surface area contributed by atoms with Gasteiger partial charge in [-0.15, -0.1) is 0 Å². The van der Waals surface area contributed by atoms with Gasteiger partial charge in [0, 0.05) is 25.2 Å². The Kier molecular flexibility index (Phi) is 6.78. The molecule has 6 heteroatoms. The van der Waals surface area contributed by atoms with E-state index in [1.54, 1.807) is 12.1 Å². The maximum absolute atomic E-state index is 13.6. The number of rotatable bonds is 7. The Hall–Kier alpha value is -2.37. The second-order valence-electron chi connectivity index (χ2n) is 5.58. The van der Waals surface area contributed by atoms with Crippen LogP contribution in [0.15, 0.2) is 33.8 Å². The Morgan fingerprint density at radius 3 is 2.67 bits per heavy atom. The lowest BCUT2D eigenvalue weighted by atomic mass is 10.1. The van der Waals surface area contributed by atoms with Crippen LogP contribution in [0.25, 0.3) is 0 Å². The second-order valence-corrected chi connectivity index (χ2v) is 5.58. The minimum absolute atomic E-state index is 0.167. The summed E-state index contributed by atoms with van der Waals surface area (Å²) < 4.78 is 18.8. The molecule has 0 aliphatic heterocycles. The molecule has 0 fully saturated rings. The van der Waals surface area contributed by atoms with Crippen molar-refractivity contribution in [3.8, 4) is 0 Å². The van der Waals surface area contributed by atoms with Crippen molar-refractivity contribution >= 4 is 5.96 Å². The van der Waals surface area contributed by atoms with Crippen molar-refractivity contribution in [1.82, 2.24) is 15.8 Å². The van der Waals surface area contributed by atoms with Crippen LogP contribution in [0.1, 0.15) is 29.5 Å². The molecule has 1 aromatic carbocycles. The summed E-state index contributed by atoms with van der Waals surface area (Å²) in [7, 11) is 0. The molecule has 1 aromatic heterocycles. The molecule has 0 aliphatic carbocycles. The first-order valence-electron chi connectivity index (χ1n) is 8.29. The average Bonchev–Trinajstić information content (AvgIpc) is 2.88. The number of aromatic nitrogens is 1. The zero-order chi connectivity index (χ0) is 17.4. The normalized spacial score (nSPS) is 11.6. The van der Waals surface area contributed by atoms with Gasteiger partial charge in [-0.25, -0.2) is 4.39 Å². The highest BCUT2D eigenvalue weighted by Crippen LogP contribution is 2.12. The van der Waals surface area contributed by atoms with Gasteiger partial charge in [0.15, 0.2) is 5.96 Å². The van der Waals surface area contributed by atoms with Crippen molar-refractivity contribution in [2.45, 2.75) is 33.6 Å². The Balaban J connectivity index is 1.85. The Bertz CT molecular complexity index is 662. The predicted molar refractivity (Wildman–Crippen MR) is 93.8 cm³/mol. The van der Waals surface area contributed by atoms with Crippen LogP contribution < -0.4 is 10.6 Å². The van der Waals surface area contributed by atoms with Gasteiger partial charge in [-0.2, -0.15) is 0 Å². The molecule has 0 atom stereocenters. The first kappa shape index (κ1) is 18.0. The summed E-state index contributed by atoms with van der Waals surface area (Å²) in [4.78, 5) is 4.56. The van der Waals surface area contributed by atoms with E-state index < -0.39 is 0 Å². The Morgan fingerprint density at radius 1 is 1.21 bits per heavy atom. The molecule has 2 rings (SSSR count). The van der Waals surface area contributed by atoms with Crippen molar-refractivity contribution in [1.29, 1.82) is 0 Å². The number of aryl methyl sites for hydroxylation is 2. The van der Waals surface area contributed by atoms with Gasteiger partial charge in [-0.05, 0) is 45.2 Å². The van der Waals surface area contributed by atoms with Gasteiger partial charge in [-0.3, -0.25) is 4.99 Å². The molecule has 0 radical (unpaired) electrons. The van der Waals surface area contributed by atoms with E-state index in [4.69, 9.17) is 4.52 Å². The van der Waals surface area contributed by atoms with E-state index in [9.17, 15) is 4.39 Å². The van der Waals surface area contributed by atoms with Crippen molar-refractivity contribution in [2.24, 2.45) is 4.99 Å². The molecule has 130 valence electrons. The lowest BCUT2D eigenvalue weighted by Gasteiger charge is -2.11. The van der Waals surface area contributed by atoms with Gasteiger partial charge in [0.2, 0.25) is 0 Å². The van der Waals surface area contributed by atoms with Crippen LogP contribution in [0.3, 0.4) is 0 Å². The molecule has 24 heavy (non-hydrogen) atoms. The minimum Gasteiger partial charge on any atom is -0.361 e. The van der Waals surface area contributed by atoms with Crippen LogP contribution in [0.4, 0.5) is 4.39 Å². The van der Waals surface area contributed by atoms with Gasteiger partial charge in [0.25, 0.3) is 0 Å². The van der Waals surface area contributed by atoms with E-state index >= 15 is 0 Å². The van der Waals surface area contributed by atoms with Gasteiger partial charge < -0.3 is 15.2 Å². The molecule has 0 bridgehead atoms. The third-order valence-electron chi connectivity index (χ3n) is 3.80. The highest BCUT2D eigenvalue weighted by Gasteiger charge is 2.08. The third-order valence-corrected chi connectivity index (χ3v) is 3.80. The summed E-state index contributed by atoms with van der Waals surface area (Å²) in [5, 5.41) is 10.4. The van der Waals surface area contributed by atoms with Gasteiger partial charge >= 0.3 is 0 Å². The molecule has 5 nitrogen and oxygen atoms in total. The number of benzene rings is 1. The van der Waals surface area contributed by atoms with Crippen LogP contribution in [-0.4, -0.2) is 30.8 Å². The molecule has 2 aromatic rings. The fourth-order valence-electron chi connectivity index (χ4n) is 2.50. The van der Waals surface area contributed by atoms with Crippen LogP contribution >= 0.6 is 0 Å². The maximum Gasteiger partial charge on any atom is 0.191 e. The summed E-state index contributed by atoms with van der Waals surface area (Å²) in [5.74, 6) is 1.42. The van der Waals surface area contributed by atoms with E-state index in [0.717, 1.165) is 35.9 Å². The molecule has 0 aliphatic rings. The topological polar surface area (TPSA) is 62.5 Å². The first-order valence-corrected chi connectivity index (χ1v) is 8.29. The minimum atomic E-state index is -0.167. The zero-order valence-electron chi connectivity index (χ0n) is 14.5. The van der Waals surface area contributed by atoms with Gasteiger partial charge in [0.1, 0.15) is 11.6 Å². The summed E-state index contributed by atoms with van der Waals surface area (Å²) in [6.45, 7) is 7.90. The summed E-state index contributed by atoms with van der Waals surface area (Å²) in [5.41, 5.74) is 2.73. The lowest BCUT2D eigenvalue weighted by Crippen LogP contribution is -2.38. The van der Waals surface area contributed by atoms with Crippen molar-refractivity contribution < 1.29 is 8.91 Å². The number of hydrogen-bond acceptors (Lipinski definition) is 3. The molecule has 0 spiro atoms. The van der Waals surface area contributed by atoms with E-state index in [0.29, 0.717) is 25.1 Å². The van der Waals surface area contributed by atoms with E-state index in [1.807, 2.05) is 26.8 Å². The quantitative estimate of drug-likeness (QED) is 0.604. The van der Waals surface area contributed by atoms with Gasteiger partial charge in [0.05, 0.1) is 5.69 Å². The van der Waals surface area contributed by atoms with Crippen LogP contribution in [0, 0.1) is 19.7 Å². The largest absolute Gasteiger partial charge is 0.361 e. The van der Waals surface area contributed by atoms with Gasteiger partial charge in [-0.1, -0.05) is 23.4 Å². The Labute approximate surface area is 142 Å². The average molecular weight is 332 g/mol. The second kappa shape index (κ2) is 9.05. The fourth-order valence-corrected chi connectivity index (χ4v) is 2.50. The van der Waals surface area contributed by atoms with Crippen LogP contribution in [0.5, 0.6) is 0 Å². The first-order chi connectivity index (χ1) is 11.6. The Morgan fingerprint density at radius 2 is 2.00 bits per heavy atom. The van der Waals surface area contributed by atoms with E-state index in [-0.39, 0.29) is 5.82 Å². The maximum atomic E-state index is 13.6. The van der Waals surface area contributed by atoms with Crippen molar-refractivity contribution in [3.63, 3.8) is 0 Å². The highest BCUT2D eigenvalue weighted by atomic mass is 19.1. The smallest absolute Gasteiger partial charge is 0.191 e. The standard InChI is InChI=1S/C18H25FN4O/c1-4-20-18(21-11-9-15-7-5-6-8-17(15)19)22-12-10-16-13(2)23-24-14(16)3/h5-8H,4,9-12H2,1-3H3,(H2,20,21,22). The van der Waals surface area contributed by atoms with Crippen LogP contribution in [-0.2, 0) is 12.8 Å². The number of guanidine groups is 1. The van der Waals surface area contributed by atoms with Crippen LogP contribution in [0.2, 0.25) is 0 Å². The van der Waals surface area contributed by atoms with Crippen molar-refractivity contribution in [3.05, 3.63) is 52.7 Å². The van der Waals surface area contributed by atoms with E-state index in [1.165, 1.54) is 6.07 Å². The number of halogens is 1. The lowest BCUT2D eigenvalue weighted by molar-refractivity contribution is 0.392. The molecule has 0 amide bonds. The number of nitrogens with zero attached hydrogens (tertiary/aromatic N) is 2. The molecular weight excluding hydrogens is 307 g/mol. The number of hydrogen-bond donors (Lipinski definition) is 2. The molecule has 1 heterocycles. The summed E-state index contributed by atoms with van der Waals surface area (Å²) >= 11 is 0. The molecule has 2 N–H and O–H groups in total. The monoisotopic (exact) mass is 332 g/mol. The fraction of sp³-hybridized carbons (Fsp3) is 0.444. The van der Waals surface area contributed by atoms with E-state index in [2.05, 4.69) is 20.8 Å². The van der Waals surface area contributed by atoms with Crippen molar-refractivity contribution in [2.75, 3.05) is 19.6 Å². The molecule has 0 saturated heterocycles. The predicted octanol–water partition coefficient (Wildman–Crippen LogP) is 2.77.